The first-order valence-corrected chi connectivity index (χ1v) is 15.7. The van der Waals surface area contributed by atoms with E-state index >= 15 is 0 Å². The van der Waals surface area contributed by atoms with Crippen LogP contribution in [0.15, 0.2) is 72.8 Å². The Bertz CT molecular complexity index is 1450. The van der Waals surface area contributed by atoms with E-state index in [1.165, 1.54) is 16.7 Å². The fourth-order valence-electron chi connectivity index (χ4n) is 5.28. The first-order valence-electron chi connectivity index (χ1n) is 15.3. The molecule has 9 nitrogen and oxygen atoms in total. The number of nitrogens with two attached hydrogens (primary N) is 1. The van der Waals surface area contributed by atoms with Gasteiger partial charge in [0.25, 0.3) is 0 Å². The number of carbonyl (C=O) groups is 2. The van der Waals surface area contributed by atoms with Gasteiger partial charge in [-0.3, -0.25) is 14.6 Å². The van der Waals surface area contributed by atoms with Gasteiger partial charge in [-0.25, -0.2) is 15.6 Å². The van der Waals surface area contributed by atoms with Crippen LogP contribution in [0.2, 0.25) is 5.02 Å². The van der Waals surface area contributed by atoms with Crippen molar-refractivity contribution in [1.82, 2.24) is 20.1 Å². The second-order valence-electron chi connectivity index (χ2n) is 11.1. The normalized spacial score (nSPS) is 14.3. The van der Waals surface area contributed by atoms with Crippen LogP contribution in [-0.2, 0) is 22.6 Å². The molecule has 0 bridgehead atoms. The van der Waals surface area contributed by atoms with Gasteiger partial charge < -0.3 is 15.2 Å². The largest absolute Gasteiger partial charge is 0.466 e. The number of hydrogen-bond donors (Lipinski definition) is 3. The molecule has 1 heterocycles. The summed E-state index contributed by atoms with van der Waals surface area (Å²) in [4.78, 5) is 28.1. The summed E-state index contributed by atoms with van der Waals surface area (Å²) in [5.74, 6) is 11.1. The Morgan fingerprint density at radius 2 is 1.71 bits per heavy atom. The van der Waals surface area contributed by atoms with Crippen molar-refractivity contribution in [1.29, 1.82) is 0 Å². The highest BCUT2D eigenvalue weighted by Crippen LogP contribution is 2.26. The molecule has 0 saturated carbocycles. The maximum atomic E-state index is 12.4. The number of carboxylic acid groups (broad SMARTS) is 1. The summed E-state index contributed by atoms with van der Waals surface area (Å²) in [6, 6.07) is 24.4. The molecule has 1 amide bonds. The number of esters is 1. The summed E-state index contributed by atoms with van der Waals surface area (Å²) in [6.45, 7) is 8.33. The average Bonchev–Trinajstić information content (AvgIpc) is 3.04. The average molecular weight is 632 g/mol. The Kier molecular flexibility index (Phi) is 13.2. The number of benzene rings is 3. The maximum absolute atomic E-state index is 12.4. The molecule has 1 atom stereocenters. The number of nitrogens with one attached hydrogen (secondary N) is 1. The maximum Gasteiger partial charge on any atom is 0.421 e. The van der Waals surface area contributed by atoms with Crippen molar-refractivity contribution in [3.8, 4) is 23.0 Å². The van der Waals surface area contributed by atoms with Crippen LogP contribution >= 0.6 is 11.6 Å². The van der Waals surface area contributed by atoms with E-state index < -0.39 is 6.09 Å². The Hall–Kier alpha value is -3.91. The number of halogens is 1. The highest BCUT2D eigenvalue weighted by molar-refractivity contribution is 6.30. The van der Waals surface area contributed by atoms with E-state index in [9.17, 15) is 9.59 Å². The zero-order valence-corrected chi connectivity index (χ0v) is 26.5. The molecule has 1 unspecified atom stereocenters. The first kappa shape index (κ1) is 34.0. The lowest BCUT2D eigenvalue weighted by atomic mass is 9.99. The van der Waals surface area contributed by atoms with Crippen LogP contribution in [0.3, 0.4) is 0 Å². The van der Waals surface area contributed by atoms with Gasteiger partial charge in [-0.2, -0.15) is 0 Å². The first-order chi connectivity index (χ1) is 21.8. The summed E-state index contributed by atoms with van der Waals surface area (Å²) in [6.07, 6.45) is -0.516. The molecule has 45 heavy (non-hydrogen) atoms. The van der Waals surface area contributed by atoms with Crippen molar-refractivity contribution in [2.75, 3.05) is 45.9 Å². The van der Waals surface area contributed by atoms with Crippen molar-refractivity contribution in [2.45, 2.75) is 38.9 Å². The van der Waals surface area contributed by atoms with E-state index in [1.807, 2.05) is 43.3 Å². The molecule has 1 fully saturated rings. The van der Waals surface area contributed by atoms with Gasteiger partial charge in [0, 0.05) is 68.9 Å². The van der Waals surface area contributed by atoms with Crippen LogP contribution in [-0.4, -0.2) is 83.9 Å². The van der Waals surface area contributed by atoms with Gasteiger partial charge >= 0.3 is 12.1 Å². The second-order valence-corrected chi connectivity index (χ2v) is 11.5. The number of piperazine rings is 1. The quantitative estimate of drug-likeness (QED) is 0.0809. The van der Waals surface area contributed by atoms with Gasteiger partial charge in [-0.05, 0) is 53.4 Å². The van der Waals surface area contributed by atoms with Crippen molar-refractivity contribution in [3.63, 3.8) is 0 Å². The number of amides is 1. The lowest BCUT2D eigenvalue weighted by Gasteiger charge is -2.36. The molecule has 0 aromatic heterocycles. The van der Waals surface area contributed by atoms with Crippen LogP contribution < -0.4 is 11.2 Å². The third kappa shape index (κ3) is 11.2. The lowest BCUT2D eigenvalue weighted by Crippen LogP contribution is -2.50. The van der Waals surface area contributed by atoms with Gasteiger partial charge in [0.05, 0.1) is 19.6 Å². The predicted molar refractivity (Wildman–Crippen MR) is 177 cm³/mol. The van der Waals surface area contributed by atoms with E-state index in [0.29, 0.717) is 26.0 Å². The smallest absolute Gasteiger partial charge is 0.421 e. The lowest BCUT2D eigenvalue weighted by molar-refractivity contribution is -0.143. The van der Waals surface area contributed by atoms with E-state index in [1.54, 1.807) is 0 Å². The molecule has 1 aliphatic heterocycles. The highest BCUT2D eigenvalue weighted by Gasteiger charge is 2.23. The minimum atomic E-state index is -1.18. The summed E-state index contributed by atoms with van der Waals surface area (Å²) in [5, 5.41) is 13.8. The molecule has 3 aromatic rings. The van der Waals surface area contributed by atoms with Crippen molar-refractivity contribution >= 4 is 23.7 Å². The topological polar surface area (TPSA) is 111 Å². The Morgan fingerprint density at radius 1 is 1.02 bits per heavy atom. The molecular weight excluding hydrogens is 590 g/mol. The van der Waals surface area contributed by atoms with E-state index in [2.05, 4.69) is 63.4 Å². The summed E-state index contributed by atoms with van der Waals surface area (Å²) < 4.78 is 5.27. The minimum Gasteiger partial charge on any atom is -0.466 e. The van der Waals surface area contributed by atoms with Crippen LogP contribution in [0.4, 0.5) is 4.79 Å². The third-order valence-electron chi connectivity index (χ3n) is 7.73. The van der Waals surface area contributed by atoms with Crippen molar-refractivity contribution < 1.29 is 19.4 Å². The molecule has 4 N–H and O–H groups in total. The SMILES string of the molecule is CCOC(=O)CC(CN1CCN(Cc2ccccc2-c2ccc(Cl)cc2)CC1)NCc1ccc(C#CCCN(N)C(=O)O)cc1. The van der Waals surface area contributed by atoms with Gasteiger partial charge in [0.15, 0.2) is 0 Å². The van der Waals surface area contributed by atoms with Crippen molar-refractivity contribution in [2.24, 2.45) is 5.84 Å². The van der Waals surface area contributed by atoms with Gasteiger partial charge in [-0.1, -0.05) is 72.0 Å². The number of carbonyl (C=O) groups excluding carboxylic acids is 1. The van der Waals surface area contributed by atoms with Gasteiger partial charge in [0.1, 0.15) is 0 Å². The summed E-state index contributed by atoms with van der Waals surface area (Å²) in [5.41, 5.74) is 5.62. The molecule has 0 aliphatic carbocycles. The van der Waals surface area contributed by atoms with Gasteiger partial charge in [-0.15, -0.1) is 0 Å². The summed E-state index contributed by atoms with van der Waals surface area (Å²) >= 11 is 6.11. The predicted octanol–water partition coefficient (Wildman–Crippen LogP) is 4.83. The van der Waals surface area contributed by atoms with E-state index in [0.717, 1.165) is 60.4 Å². The van der Waals surface area contributed by atoms with E-state index in [4.69, 9.17) is 27.3 Å². The number of nitrogens with zero attached hydrogens (tertiary/aromatic N) is 3. The molecule has 1 saturated heterocycles. The Morgan fingerprint density at radius 3 is 2.40 bits per heavy atom. The molecule has 238 valence electrons. The second kappa shape index (κ2) is 17.5. The molecule has 3 aromatic carbocycles. The Balaban J connectivity index is 1.28. The molecular formula is C35H42ClN5O4. The fraction of sp³-hybridized carbons (Fsp3) is 0.371. The zero-order chi connectivity index (χ0) is 32.0. The van der Waals surface area contributed by atoms with Crippen LogP contribution in [0.25, 0.3) is 11.1 Å². The molecule has 0 spiro atoms. The minimum absolute atomic E-state index is 0.0471. The van der Waals surface area contributed by atoms with Crippen molar-refractivity contribution in [3.05, 3.63) is 94.5 Å². The molecule has 0 radical (unpaired) electrons. The Labute approximate surface area is 270 Å². The van der Waals surface area contributed by atoms with E-state index in [-0.39, 0.29) is 18.6 Å². The van der Waals surface area contributed by atoms with Crippen LogP contribution in [0, 0.1) is 11.8 Å². The third-order valence-corrected chi connectivity index (χ3v) is 7.99. The van der Waals surface area contributed by atoms with Crippen LogP contribution in [0.5, 0.6) is 0 Å². The monoisotopic (exact) mass is 631 g/mol. The zero-order valence-electron chi connectivity index (χ0n) is 25.8. The standard InChI is InChI=1S/C35H42ClN5O4/c1-2-45-34(42)23-32(38-24-28-12-10-27(11-13-28)7-5-6-18-41(37)35(43)44)26-40-21-19-39(20-22-40)25-30-8-3-4-9-33(30)29-14-16-31(36)17-15-29/h3-4,8-17,32,38H,2,6,18-26,37H2,1H3,(H,43,44). The molecule has 10 heteroatoms. The number of ether oxygens (including phenoxy) is 1. The fourth-order valence-corrected chi connectivity index (χ4v) is 5.40. The summed E-state index contributed by atoms with van der Waals surface area (Å²) in [7, 11) is 0. The van der Waals surface area contributed by atoms with Crippen LogP contribution in [0.1, 0.15) is 36.5 Å². The number of hydrogen-bond acceptors (Lipinski definition) is 7. The number of rotatable bonds is 13. The van der Waals surface area contributed by atoms with Gasteiger partial charge in [0.2, 0.25) is 0 Å². The molecule has 1 aliphatic rings. The highest BCUT2D eigenvalue weighted by atomic mass is 35.5. The number of hydrazine groups is 1. The molecule has 4 rings (SSSR count).